The lowest BCUT2D eigenvalue weighted by molar-refractivity contribution is 0.0772. The minimum Gasteiger partial charge on any atom is -0.370 e. The van der Waals surface area contributed by atoms with Crippen molar-refractivity contribution in [3.63, 3.8) is 0 Å². The minimum absolute atomic E-state index is 0.00172. The lowest BCUT2D eigenvalue weighted by atomic mass is 10.2. The highest BCUT2D eigenvalue weighted by atomic mass is 35.5. The topological polar surface area (TPSA) is 45.2 Å². The van der Waals surface area contributed by atoms with E-state index >= 15 is 0 Å². The average Bonchev–Trinajstić information content (AvgIpc) is 2.41. The summed E-state index contributed by atoms with van der Waals surface area (Å²) >= 11 is 7.94. The summed E-state index contributed by atoms with van der Waals surface area (Å²) in [5.41, 5.74) is 0.537. The van der Waals surface area contributed by atoms with Crippen molar-refractivity contribution in [2.24, 2.45) is 0 Å². The summed E-state index contributed by atoms with van der Waals surface area (Å²) in [6.07, 6.45) is 1.53. The largest absolute Gasteiger partial charge is 0.370 e. The lowest BCUT2D eigenvalue weighted by Gasteiger charge is -2.26. The Bertz CT molecular complexity index is 435. The van der Waals surface area contributed by atoms with Gasteiger partial charge in [-0.2, -0.15) is 11.8 Å². The molecule has 1 aliphatic heterocycles. The number of carbonyl (C=O) groups is 1. The Labute approximate surface area is 116 Å². The van der Waals surface area contributed by atoms with Crippen LogP contribution in [0.2, 0.25) is 5.02 Å². The zero-order chi connectivity index (χ0) is 13.0. The number of hydrogen-bond donors (Lipinski definition) is 1. The Morgan fingerprint density at radius 2 is 2.28 bits per heavy atom. The average molecular weight is 286 g/mol. The minimum atomic E-state index is 0.00172. The maximum atomic E-state index is 12.4. The summed E-state index contributed by atoms with van der Waals surface area (Å²) in [4.78, 5) is 18.3. The van der Waals surface area contributed by atoms with Crippen LogP contribution in [0, 0.1) is 0 Å². The van der Waals surface area contributed by atoms with Gasteiger partial charge >= 0.3 is 0 Å². The number of hydrogen-bond acceptors (Lipinski definition) is 4. The molecule has 6 heteroatoms. The molecular weight excluding hydrogens is 270 g/mol. The first kappa shape index (κ1) is 13.5. The number of amides is 1. The lowest BCUT2D eigenvalue weighted by Crippen LogP contribution is -2.38. The molecule has 0 atom stereocenters. The number of pyridine rings is 1. The second-order valence-corrected chi connectivity index (χ2v) is 5.62. The van der Waals surface area contributed by atoms with Crippen molar-refractivity contribution < 1.29 is 4.79 Å². The Morgan fingerprint density at radius 3 is 2.94 bits per heavy atom. The fraction of sp³-hybridized carbons (Fsp3) is 0.500. The van der Waals surface area contributed by atoms with Crippen molar-refractivity contribution in [1.82, 2.24) is 9.88 Å². The molecule has 98 valence electrons. The van der Waals surface area contributed by atoms with Gasteiger partial charge in [0.1, 0.15) is 5.82 Å². The van der Waals surface area contributed by atoms with Gasteiger partial charge in [-0.3, -0.25) is 4.79 Å². The van der Waals surface area contributed by atoms with Crippen LogP contribution < -0.4 is 5.32 Å². The number of carbonyl (C=O) groups excluding carboxylic acids is 1. The molecule has 0 aliphatic carbocycles. The third-order valence-corrected chi connectivity index (χ3v) is 3.99. The van der Waals surface area contributed by atoms with E-state index in [0.717, 1.165) is 31.1 Å². The van der Waals surface area contributed by atoms with E-state index in [-0.39, 0.29) is 5.91 Å². The van der Waals surface area contributed by atoms with Gasteiger partial charge in [-0.1, -0.05) is 11.6 Å². The Kier molecular flexibility index (Phi) is 4.72. The summed E-state index contributed by atoms with van der Waals surface area (Å²) in [6, 6.07) is 1.73. The van der Waals surface area contributed by atoms with Crippen molar-refractivity contribution in [2.45, 2.75) is 6.92 Å². The van der Waals surface area contributed by atoms with Crippen LogP contribution in [0.4, 0.5) is 5.82 Å². The molecule has 0 unspecified atom stereocenters. The first-order valence-corrected chi connectivity index (χ1v) is 7.52. The smallest absolute Gasteiger partial charge is 0.255 e. The molecule has 0 aromatic carbocycles. The molecule has 4 nitrogen and oxygen atoms in total. The molecule has 0 spiro atoms. The first-order valence-electron chi connectivity index (χ1n) is 5.99. The van der Waals surface area contributed by atoms with Crippen LogP contribution in [0.3, 0.4) is 0 Å². The van der Waals surface area contributed by atoms with Gasteiger partial charge in [0.15, 0.2) is 0 Å². The number of anilines is 1. The molecule has 1 saturated heterocycles. The summed E-state index contributed by atoms with van der Waals surface area (Å²) < 4.78 is 0. The number of thioether (sulfide) groups is 1. The van der Waals surface area contributed by atoms with E-state index in [4.69, 9.17) is 11.6 Å². The van der Waals surface area contributed by atoms with Crippen molar-refractivity contribution in [3.8, 4) is 0 Å². The van der Waals surface area contributed by atoms with Gasteiger partial charge < -0.3 is 10.2 Å². The van der Waals surface area contributed by atoms with E-state index in [1.54, 1.807) is 6.07 Å². The van der Waals surface area contributed by atoms with Crippen LogP contribution in [-0.4, -0.2) is 46.9 Å². The molecule has 1 aromatic heterocycles. The zero-order valence-corrected chi connectivity index (χ0v) is 11.9. The van der Waals surface area contributed by atoms with Crippen LogP contribution >= 0.6 is 23.4 Å². The number of nitrogens with zero attached hydrogens (tertiary/aromatic N) is 2. The predicted molar refractivity (Wildman–Crippen MR) is 76.6 cm³/mol. The number of nitrogens with one attached hydrogen (secondary N) is 1. The fourth-order valence-corrected chi connectivity index (χ4v) is 2.90. The summed E-state index contributed by atoms with van der Waals surface area (Å²) in [7, 11) is 0. The molecule has 1 amide bonds. The third kappa shape index (κ3) is 3.09. The van der Waals surface area contributed by atoms with E-state index in [2.05, 4.69) is 10.3 Å². The molecule has 1 aromatic rings. The van der Waals surface area contributed by atoms with Crippen LogP contribution in [0.15, 0.2) is 12.3 Å². The Hall–Kier alpha value is -0.940. The standard InChI is InChI=1S/C12H16ClN3OS/c1-2-14-11-7-9(10(13)8-15-11)12(17)16-3-5-18-6-4-16/h7-8H,2-6H2,1H3,(H,14,15). The SMILES string of the molecule is CCNc1cc(C(=O)N2CCSCC2)c(Cl)cn1. The molecule has 1 fully saturated rings. The molecule has 18 heavy (non-hydrogen) atoms. The quantitative estimate of drug-likeness (QED) is 0.926. The third-order valence-electron chi connectivity index (χ3n) is 2.74. The van der Waals surface area contributed by atoms with Crippen LogP contribution in [0.25, 0.3) is 0 Å². The maximum absolute atomic E-state index is 12.4. The Balaban J connectivity index is 2.19. The maximum Gasteiger partial charge on any atom is 0.255 e. The summed E-state index contributed by atoms with van der Waals surface area (Å²) in [6.45, 7) is 4.33. The number of aromatic nitrogens is 1. The van der Waals surface area contributed by atoms with Gasteiger partial charge in [-0.05, 0) is 13.0 Å². The van der Waals surface area contributed by atoms with Crippen molar-refractivity contribution in [3.05, 3.63) is 22.8 Å². The second-order valence-electron chi connectivity index (χ2n) is 3.98. The van der Waals surface area contributed by atoms with Gasteiger partial charge in [-0.15, -0.1) is 0 Å². The van der Waals surface area contributed by atoms with E-state index in [9.17, 15) is 4.79 Å². The highest BCUT2D eigenvalue weighted by molar-refractivity contribution is 7.99. The van der Waals surface area contributed by atoms with Crippen LogP contribution in [0.5, 0.6) is 0 Å². The van der Waals surface area contributed by atoms with Crippen molar-refractivity contribution in [1.29, 1.82) is 0 Å². The number of rotatable bonds is 3. The summed E-state index contributed by atoms with van der Waals surface area (Å²) in [5.74, 6) is 2.68. The van der Waals surface area contributed by atoms with Gasteiger partial charge in [0.05, 0.1) is 10.6 Å². The fourth-order valence-electron chi connectivity index (χ4n) is 1.82. The van der Waals surface area contributed by atoms with Gasteiger partial charge in [0, 0.05) is 37.3 Å². The molecule has 1 N–H and O–H groups in total. The van der Waals surface area contributed by atoms with Crippen LogP contribution in [-0.2, 0) is 0 Å². The molecule has 2 rings (SSSR count). The van der Waals surface area contributed by atoms with Crippen molar-refractivity contribution >= 4 is 35.1 Å². The molecule has 0 saturated carbocycles. The molecule has 2 heterocycles. The van der Waals surface area contributed by atoms with Crippen molar-refractivity contribution in [2.75, 3.05) is 36.5 Å². The van der Waals surface area contributed by atoms with Gasteiger partial charge in [-0.25, -0.2) is 4.98 Å². The zero-order valence-electron chi connectivity index (χ0n) is 10.3. The molecule has 0 bridgehead atoms. The van der Waals surface area contributed by atoms with E-state index < -0.39 is 0 Å². The molecule has 1 aliphatic rings. The normalized spacial score (nSPS) is 15.6. The summed E-state index contributed by atoms with van der Waals surface area (Å²) in [5, 5.41) is 3.50. The van der Waals surface area contributed by atoms with E-state index in [0.29, 0.717) is 16.4 Å². The van der Waals surface area contributed by atoms with E-state index in [1.165, 1.54) is 6.20 Å². The monoisotopic (exact) mass is 285 g/mol. The predicted octanol–water partition coefficient (Wildman–Crippen LogP) is 2.36. The number of halogens is 1. The highest BCUT2D eigenvalue weighted by Crippen LogP contribution is 2.21. The first-order chi connectivity index (χ1) is 8.72. The Morgan fingerprint density at radius 1 is 1.56 bits per heavy atom. The second kappa shape index (κ2) is 6.29. The molecular formula is C12H16ClN3OS. The molecule has 0 radical (unpaired) electrons. The van der Waals surface area contributed by atoms with E-state index in [1.807, 2.05) is 23.6 Å². The highest BCUT2D eigenvalue weighted by Gasteiger charge is 2.21. The van der Waals surface area contributed by atoms with Gasteiger partial charge in [0.25, 0.3) is 5.91 Å². The van der Waals surface area contributed by atoms with Crippen LogP contribution in [0.1, 0.15) is 17.3 Å². The van der Waals surface area contributed by atoms with Gasteiger partial charge in [0.2, 0.25) is 0 Å².